The molecule has 0 amide bonds. The largest absolute Gasteiger partial charge is 0.465 e. The Hall–Kier alpha value is -0.900. The summed E-state index contributed by atoms with van der Waals surface area (Å²) in [5.74, 6) is -0.291. The first-order valence-electron chi connectivity index (χ1n) is 4.42. The minimum atomic E-state index is -0.291. The molecule has 0 unspecified atom stereocenters. The molecule has 0 spiro atoms. The number of carbonyl (C=O) groups excluding carboxylic acids is 1. The summed E-state index contributed by atoms with van der Waals surface area (Å²) >= 11 is 1.39. The van der Waals surface area contributed by atoms with Crippen LogP contribution in [0.3, 0.4) is 0 Å². The number of methoxy groups -OCH3 is 1. The molecule has 1 rings (SSSR count). The molecular formula is C10H15NO2S. The van der Waals surface area contributed by atoms with Gasteiger partial charge >= 0.3 is 5.97 Å². The SMILES string of the molecule is COC(=O)c1sc(C)nc1C(C)(C)C. The summed E-state index contributed by atoms with van der Waals surface area (Å²) in [6, 6.07) is 0. The van der Waals surface area contributed by atoms with Crippen LogP contribution in [0.1, 0.15) is 41.1 Å². The van der Waals surface area contributed by atoms with E-state index in [1.165, 1.54) is 18.4 Å². The van der Waals surface area contributed by atoms with Crippen LogP contribution >= 0.6 is 11.3 Å². The van der Waals surface area contributed by atoms with Crippen molar-refractivity contribution in [1.82, 2.24) is 4.98 Å². The number of thiazole rings is 1. The molecule has 4 heteroatoms. The highest BCUT2D eigenvalue weighted by molar-refractivity contribution is 7.13. The van der Waals surface area contributed by atoms with Crippen molar-refractivity contribution in [3.63, 3.8) is 0 Å². The van der Waals surface area contributed by atoms with Crippen molar-refractivity contribution in [2.45, 2.75) is 33.1 Å². The topological polar surface area (TPSA) is 39.2 Å². The van der Waals surface area contributed by atoms with E-state index < -0.39 is 0 Å². The predicted molar refractivity (Wildman–Crippen MR) is 56.9 cm³/mol. The summed E-state index contributed by atoms with van der Waals surface area (Å²) in [5.41, 5.74) is 0.709. The van der Waals surface area contributed by atoms with Gasteiger partial charge in [-0.3, -0.25) is 0 Å². The van der Waals surface area contributed by atoms with Crippen LogP contribution in [0.2, 0.25) is 0 Å². The van der Waals surface area contributed by atoms with E-state index in [2.05, 4.69) is 4.98 Å². The number of esters is 1. The smallest absolute Gasteiger partial charge is 0.350 e. The second kappa shape index (κ2) is 3.69. The minimum Gasteiger partial charge on any atom is -0.465 e. The third-order valence-electron chi connectivity index (χ3n) is 1.82. The van der Waals surface area contributed by atoms with Crippen molar-refractivity contribution in [2.24, 2.45) is 0 Å². The summed E-state index contributed by atoms with van der Waals surface area (Å²) < 4.78 is 4.72. The Balaban J connectivity index is 3.23. The Morgan fingerprint density at radius 1 is 1.43 bits per heavy atom. The van der Waals surface area contributed by atoms with E-state index in [9.17, 15) is 4.79 Å². The molecule has 0 N–H and O–H groups in total. The Bertz CT molecular complexity index is 349. The lowest BCUT2D eigenvalue weighted by molar-refractivity contribution is 0.0603. The maximum atomic E-state index is 11.4. The van der Waals surface area contributed by atoms with Gasteiger partial charge in [-0.15, -0.1) is 11.3 Å². The molecule has 3 nitrogen and oxygen atoms in total. The normalized spacial score (nSPS) is 11.5. The van der Waals surface area contributed by atoms with Gasteiger partial charge in [-0.2, -0.15) is 0 Å². The minimum absolute atomic E-state index is 0.117. The van der Waals surface area contributed by atoms with Gasteiger partial charge in [-0.1, -0.05) is 20.8 Å². The van der Waals surface area contributed by atoms with Gasteiger partial charge in [0.15, 0.2) is 0 Å². The molecule has 1 heterocycles. The third-order valence-corrected chi connectivity index (χ3v) is 2.77. The zero-order valence-electron chi connectivity index (χ0n) is 9.17. The lowest BCUT2D eigenvalue weighted by Crippen LogP contribution is -2.16. The average Bonchev–Trinajstić information content (AvgIpc) is 2.45. The Morgan fingerprint density at radius 2 is 2.00 bits per heavy atom. The van der Waals surface area contributed by atoms with E-state index in [0.717, 1.165) is 10.7 Å². The van der Waals surface area contributed by atoms with Gasteiger partial charge in [0.1, 0.15) is 4.88 Å². The number of ether oxygens (including phenoxy) is 1. The summed E-state index contributed by atoms with van der Waals surface area (Å²) in [5, 5.41) is 0.898. The van der Waals surface area contributed by atoms with E-state index in [1.54, 1.807) is 0 Å². The van der Waals surface area contributed by atoms with Gasteiger partial charge in [0.05, 0.1) is 17.8 Å². The highest BCUT2D eigenvalue weighted by Gasteiger charge is 2.26. The summed E-state index contributed by atoms with van der Waals surface area (Å²) in [6.07, 6.45) is 0. The Kier molecular flexibility index (Phi) is 2.95. The van der Waals surface area contributed by atoms with Crippen LogP contribution in [0, 0.1) is 6.92 Å². The summed E-state index contributed by atoms with van der Waals surface area (Å²) in [7, 11) is 1.39. The zero-order valence-corrected chi connectivity index (χ0v) is 9.99. The maximum Gasteiger partial charge on any atom is 0.350 e. The number of aryl methyl sites for hydroxylation is 1. The van der Waals surface area contributed by atoms with Gasteiger partial charge < -0.3 is 4.74 Å². The molecule has 0 saturated heterocycles. The Morgan fingerprint density at radius 3 is 2.43 bits per heavy atom. The van der Waals surface area contributed by atoms with Crippen LogP contribution < -0.4 is 0 Å². The first kappa shape index (κ1) is 11.2. The van der Waals surface area contributed by atoms with E-state index >= 15 is 0 Å². The molecule has 0 aliphatic rings. The van der Waals surface area contributed by atoms with E-state index in [-0.39, 0.29) is 11.4 Å². The van der Waals surface area contributed by atoms with Crippen LogP contribution in [-0.4, -0.2) is 18.1 Å². The first-order valence-corrected chi connectivity index (χ1v) is 5.24. The molecule has 14 heavy (non-hydrogen) atoms. The van der Waals surface area contributed by atoms with Crippen LogP contribution in [0.5, 0.6) is 0 Å². The standard InChI is InChI=1S/C10H15NO2S/c1-6-11-8(10(2,3)4)7(14-6)9(12)13-5/h1-5H3. The molecule has 0 aliphatic carbocycles. The molecule has 0 bridgehead atoms. The first-order chi connectivity index (χ1) is 6.36. The van der Waals surface area contributed by atoms with E-state index in [0.29, 0.717) is 4.88 Å². The fourth-order valence-electron chi connectivity index (χ4n) is 1.17. The number of hydrogen-bond donors (Lipinski definition) is 0. The highest BCUT2D eigenvalue weighted by Crippen LogP contribution is 2.29. The van der Waals surface area contributed by atoms with Crippen molar-refractivity contribution in [3.8, 4) is 0 Å². The quantitative estimate of drug-likeness (QED) is 0.673. The molecule has 1 aromatic rings. The number of aromatic nitrogens is 1. The summed E-state index contributed by atoms with van der Waals surface area (Å²) in [4.78, 5) is 16.4. The summed E-state index contributed by atoms with van der Waals surface area (Å²) in [6.45, 7) is 8.00. The molecule has 0 atom stereocenters. The molecule has 0 aromatic carbocycles. The van der Waals surface area contributed by atoms with Crippen LogP contribution in [0.15, 0.2) is 0 Å². The zero-order chi connectivity index (χ0) is 10.9. The molecule has 78 valence electrons. The van der Waals surface area contributed by atoms with Crippen molar-refractivity contribution < 1.29 is 9.53 Å². The van der Waals surface area contributed by atoms with Crippen LogP contribution in [0.25, 0.3) is 0 Å². The average molecular weight is 213 g/mol. The molecule has 0 radical (unpaired) electrons. The lowest BCUT2D eigenvalue weighted by atomic mass is 9.91. The Labute approximate surface area is 88.1 Å². The lowest BCUT2D eigenvalue weighted by Gasteiger charge is -2.16. The second-order valence-electron chi connectivity index (χ2n) is 4.15. The van der Waals surface area contributed by atoms with Gasteiger partial charge in [-0.25, -0.2) is 9.78 Å². The molecule has 0 saturated carbocycles. The van der Waals surface area contributed by atoms with E-state index in [4.69, 9.17) is 4.74 Å². The van der Waals surface area contributed by atoms with Crippen LogP contribution in [0.4, 0.5) is 0 Å². The maximum absolute atomic E-state index is 11.4. The van der Waals surface area contributed by atoms with E-state index in [1.807, 2.05) is 27.7 Å². The molecule has 0 aliphatic heterocycles. The fourth-order valence-corrected chi connectivity index (χ4v) is 2.21. The number of nitrogens with zero attached hydrogens (tertiary/aromatic N) is 1. The third kappa shape index (κ3) is 2.12. The predicted octanol–water partition coefficient (Wildman–Crippen LogP) is 2.54. The molecular weight excluding hydrogens is 198 g/mol. The molecule has 1 aromatic heterocycles. The van der Waals surface area contributed by atoms with Gasteiger partial charge in [-0.05, 0) is 6.92 Å². The van der Waals surface area contributed by atoms with Crippen molar-refractivity contribution >= 4 is 17.3 Å². The van der Waals surface area contributed by atoms with Crippen molar-refractivity contribution in [2.75, 3.05) is 7.11 Å². The second-order valence-corrected chi connectivity index (χ2v) is 5.36. The molecule has 0 fully saturated rings. The monoisotopic (exact) mass is 213 g/mol. The number of hydrogen-bond acceptors (Lipinski definition) is 4. The number of rotatable bonds is 1. The van der Waals surface area contributed by atoms with Crippen LogP contribution in [-0.2, 0) is 10.2 Å². The number of carbonyl (C=O) groups is 1. The van der Waals surface area contributed by atoms with Gasteiger partial charge in [0.2, 0.25) is 0 Å². The highest BCUT2D eigenvalue weighted by atomic mass is 32.1. The fraction of sp³-hybridized carbons (Fsp3) is 0.600. The van der Waals surface area contributed by atoms with Gasteiger partial charge in [0.25, 0.3) is 0 Å². The van der Waals surface area contributed by atoms with Gasteiger partial charge in [0, 0.05) is 5.41 Å². The van der Waals surface area contributed by atoms with Crippen molar-refractivity contribution in [3.05, 3.63) is 15.6 Å². The van der Waals surface area contributed by atoms with Crippen molar-refractivity contribution in [1.29, 1.82) is 0 Å².